The van der Waals surface area contributed by atoms with Gasteiger partial charge in [-0.1, -0.05) is 33.6 Å². The van der Waals surface area contributed by atoms with Gasteiger partial charge in [0.15, 0.2) is 0 Å². The van der Waals surface area contributed by atoms with Crippen LogP contribution in [-0.2, 0) is 0 Å². The first-order chi connectivity index (χ1) is 8.09. The summed E-state index contributed by atoms with van der Waals surface area (Å²) < 4.78 is 0. The molecule has 0 aliphatic heterocycles. The average molecular weight is 237 g/mol. The molecule has 1 unspecified atom stereocenters. The van der Waals surface area contributed by atoms with Crippen LogP contribution in [0.25, 0.3) is 0 Å². The topological polar surface area (TPSA) is 53.0 Å². The van der Waals surface area contributed by atoms with Crippen LogP contribution in [0.3, 0.4) is 0 Å². The normalized spacial score (nSPS) is 19.4. The number of likely N-dealkylation sites (N-methyl/N-ethyl adjacent to an activating group) is 1. The van der Waals surface area contributed by atoms with Crippen LogP contribution in [-0.4, -0.2) is 30.1 Å². The molecule has 1 fully saturated rings. The summed E-state index contributed by atoms with van der Waals surface area (Å²) in [6.07, 6.45) is 4.68. The molecule has 0 radical (unpaired) electrons. The Morgan fingerprint density at radius 3 is 2.29 bits per heavy atom. The summed E-state index contributed by atoms with van der Waals surface area (Å²) in [4.78, 5) is 2.36. The first kappa shape index (κ1) is 14.5. The number of nitrogens with zero attached hydrogens (tertiary/aromatic N) is 2. The first-order valence-electron chi connectivity index (χ1n) is 7.02. The van der Waals surface area contributed by atoms with Crippen LogP contribution < -0.4 is 5.73 Å². The fourth-order valence-corrected chi connectivity index (χ4v) is 2.44. The van der Waals surface area contributed by atoms with Gasteiger partial charge in [-0.3, -0.25) is 0 Å². The number of nitrogens with two attached hydrogens (primary N) is 1. The van der Waals surface area contributed by atoms with Gasteiger partial charge in [-0.25, -0.2) is 0 Å². The summed E-state index contributed by atoms with van der Waals surface area (Å²) in [7, 11) is 0. The van der Waals surface area contributed by atoms with Gasteiger partial charge < -0.3 is 10.6 Å². The van der Waals surface area contributed by atoms with Crippen molar-refractivity contribution >= 4 is 0 Å². The van der Waals surface area contributed by atoms with Crippen molar-refractivity contribution in [1.29, 1.82) is 5.26 Å². The zero-order valence-electron chi connectivity index (χ0n) is 11.6. The van der Waals surface area contributed by atoms with E-state index in [2.05, 4.69) is 31.7 Å². The van der Waals surface area contributed by atoms with E-state index in [0.717, 1.165) is 38.4 Å². The highest BCUT2D eigenvalue weighted by molar-refractivity contribution is 5.14. The van der Waals surface area contributed by atoms with E-state index in [1.54, 1.807) is 0 Å². The van der Waals surface area contributed by atoms with Crippen molar-refractivity contribution in [3.05, 3.63) is 0 Å². The van der Waals surface area contributed by atoms with Crippen molar-refractivity contribution in [2.45, 2.75) is 52.0 Å². The zero-order chi connectivity index (χ0) is 12.9. The van der Waals surface area contributed by atoms with Gasteiger partial charge in [0, 0.05) is 13.1 Å². The Morgan fingerprint density at radius 1 is 1.35 bits per heavy atom. The van der Waals surface area contributed by atoms with Gasteiger partial charge in [0.05, 0.1) is 6.07 Å². The number of hydrogen-bond donors (Lipinski definition) is 1. The van der Waals surface area contributed by atoms with Gasteiger partial charge in [-0.05, 0) is 31.2 Å². The molecule has 1 aliphatic rings. The van der Waals surface area contributed by atoms with Crippen LogP contribution in [0.2, 0.25) is 0 Å². The summed E-state index contributed by atoms with van der Waals surface area (Å²) in [6, 6.07) is 2.35. The lowest BCUT2D eigenvalue weighted by atomic mass is 9.94. The van der Waals surface area contributed by atoms with Gasteiger partial charge in [-0.2, -0.15) is 5.26 Å². The maximum Gasteiger partial charge on any atom is 0.119 e. The SMILES string of the molecule is CCC(CC)CN(CC)CC(N)(C#N)C1CC1. The third kappa shape index (κ3) is 3.97. The Balaban J connectivity index is 2.53. The molecule has 0 spiro atoms. The molecule has 0 aromatic carbocycles. The molecule has 0 heterocycles. The highest BCUT2D eigenvalue weighted by Crippen LogP contribution is 2.38. The lowest BCUT2D eigenvalue weighted by molar-refractivity contribution is 0.194. The molecule has 17 heavy (non-hydrogen) atoms. The summed E-state index contributed by atoms with van der Waals surface area (Å²) in [5, 5.41) is 9.29. The van der Waals surface area contributed by atoms with Crippen LogP contribution in [0.1, 0.15) is 46.5 Å². The second kappa shape index (κ2) is 6.37. The van der Waals surface area contributed by atoms with Crippen LogP contribution in [0.15, 0.2) is 0 Å². The number of nitriles is 1. The molecule has 2 N–H and O–H groups in total. The minimum Gasteiger partial charge on any atom is -0.312 e. The Labute approximate surface area is 106 Å². The van der Waals surface area contributed by atoms with Crippen molar-refractivity contribution < 1.29 is 0 Å². The Morgan fingerprint density at radius 2 is 1.94 bits per heavy atom. The molecule has 0 saturated heterocycles. The van der Waals surface area contributed by atoms with E-state index in [4.69, 9.17) is 5.73 Å². The van der Waals surface area contributed by atoms with Crippen LogP contribution in [0, 0.1) is 23.2 Å². The summed E-state index contributed by atoms with van der Waals surface area (Å²) >= 11 is 0. The third-order valence-corrected chi connectivity index (χ3v) is 4.12. The molecule has 1 rings (SSSR count). The monoisotopic (exact) mass is 237 g/mol. The Kier molecular flexibility index (Phi) is 5.42. The molecule has 3 heteroatoms. The lowest BCUT2D eigenvalue weighted by Gasteiger charge is -2.32. The third-order valence-electron chi connectivity index (χ3n) is 4.12. The molecule has 3 nitrogen and oxygen atoms in total. The van der Waals surface area contributed by atoms with E-state index >= 15 is 0 Å². The molecular weight excluding hydrogens is 210 g/mol. The van der Waals surface area contributed by atoms with Crippen molar-refractivity contribution in [3.63, 3.8) is 0 Å². The lowest BCUT2D eigenvalue weighted by Crippen LogP contribution is -2.51. The summed E-state index contributed by atoms with van der Waals surface area (Å²) in [5.74, 6) is 1.17. The van der Waals surface area contributed by atoms with Crippen molar-refractivity contribution in [1.82, 2.24) is 4.90 Å². The molecule has 1 atom stereocenters. The highest BCUT2D eigenvalue weighted by atomic mass is 15.1. The van der Waals surface area contributed by atoms with Gasteiger partial charge in [0.1, 0.15) is 5.54 Å². The van der Waals surface area contributed by atoms with Crippen molar-refractivity contribution in [2.75, 3.05) is 19.6 Å². The van der Waals surface area contributed by atoms with E-state index in [9.17, 15) is 5.26 Å². The van der Waals surface area contributed by atoms with Crippen molar-refractivity contribution in [2.24, 2.45) is 17.6 Å². The second-order valence-corrected chi connectivity index (χ2v) is 5.44. The summed E-state index contributed by atoms with van der Waals surface area (Å²) in [5.41, 5.74) is 5.63. The minimum absolute atomic E-state index is 0.434. The Bertz CT molecular complexity index is 263. The fourth-order valence-electron chi connectivity index (χ4n) is 2.44. The average Bonchev–Trinajstić information content (AvgIpc) is 3.18. The smallest absolute Gasteiger partial charge is 0.119 e. The van der Waals surface area contributed by atoms with Crippen LogP contribution in [0.5, 0.6) is 0 Å². The molecule has 98 valence electrons. The predicted molar refractivity (Wildman–Crippen MR) is 71.4 cm³/mol. The Hall–Kier alpha value is -0.590. The zero-order valence-corrected chi connectivity index (χ0v) is 11.6. The van der Waals surface area contributed by atoms with Gasteiger partial charge in [-0.15, -0.1) is 0 Å². The van der Waals surface area contributed by atoms with Crippen molar-refractivity contribution in [3.8, 4) is 6.07 Å². The molecule has 0 aromatic rings. The van der Waals surface area contributed by atoms with E-state index in [0.29, 0.717) is 5.92 Å². The number of hydrogen-bond acceptors (Lipinski definition) is 3. The standard InChI is InChI=1S/C14H27N3/c1-4-12(5-2)9-17(6-3)11-14(16,10-15)13-7-8-13/h12-13H,4-9,11,16H2,1-3H3. The van der Waals surface area contributed by atoms with Crippen LogP contribution in [0.4, 0.5) is 0 Å². The molecule has 1 saturated carbocycles. The number of rotatable bonds is 8. The molecule has 0 amide bonds. The van der Waals surface area contributed by atoms with Gasteiger partial charge in [0.2, 0.25) is 0 Å². The predicted octanol–water partition coefficient (Wildman–Crippen LogP) is 2.38. The van der Waals surface area contributed by atoms with E-state index in [-0.39, 0.29) is 0 Å². The van der Waals surface area contributed by atoms with Crippen LogP contribution >= 0.6 is 0 Å². The molecule has 0 bridgehead atoms. The quantitative estimate of drug-likeness (QED) is 0.705. The highest BCUT2D eigenvalue weighted by Gasteiger charge is 2.43. The maximum atomic E-state index is 9.29. The van der Waals surface area contributed by atoms with E-state index in [1.807, 2.05) is 0 Å². The maximum absolute atomic E-state index is 9.29. The largest absolute Gasteiger partial charge is 0.312 e. The molecule has 0 aromatic heterocycles. The molecule has 1 aliphatic carbocycles. The van der Waals surface area contributed by atoms with E-state index in [1.165, 1.54) is 12.8 Å². The molecular formula is C14H27N3. The minimum atomic E-state index is -0.609. The van der Waals surface area contributed by atoms with Gasteiger partial charge in [0.25, 0.3) is 0 Å². The fraction of sp³-hybridized carbons (Fsp3) is 0.929. The summed E-state index contributed by atoms with van der Waals surface area (Å²) in [6.45, 7) is 9.45. The van der Waals surface area contributed by atoms with Gasteiger partial charge >= 0.3 is 0 Å². The first-order valence-corrected chi connectivity index (χ1v) is 7.02. The second-order valence-electron chi connectivity index (χ2n) is 5.44. The van der Waals surface area contributed by atoms with E-state index < -0.39 is 5.54 Å².